The summed E-state index contributed by atoms with van der Waals surface area (Å²) < 4.78 is 5.64. The molecule has 0 heterocycles. The number of azide groups is 1. The molecule has 0 amide bonds. The first-order valence-corrected chi connectivity index (χ1v) is 5.73. The molecule has 84 valence electrons. The third kappa shape index (κ3) is 2.37. The van der Waals surface area contributed by atoms with Crippen LogP contribution in [0.1, 0.15) is 15.9 Å². The van der Waals surface area contributed by atoms with Gasteiger partial charge in [-0.3, -0.25) is 0 Å². The van der Waals surface area contributed by atoms with Gasteiger partial charge in [-0.25, -0.2) is 4.79 Å². The van der Waals surface area contributed by atoms with Gasteiger partial charge >= 0.3 is 5.97 Å². The third-order valence-corrected chi connectivity index (χ3v) is 3.31. The highest BCUT2D eigenvalue weighted by Crippen LogP contribution is 2.37. The molecule has 0 bridgehead atoms. The summed E-state index contributed by atoms with van der Waals surface area (Å²) in [5.74, 6) is -0.506. The number of carbonyl (C=O) groups is 1. The van der Waals surface area contributed by atoms with Crippen LogP contribution in [-0.2, 0) is 4.74 Å². The van der Waals surface area contributed by atoms with Gasteiger partial charge in [0.2, 0.25) is 0 Å². The van der Waals surface area contributed by atoms with Gasteiger partial charge in [0, 0.05) is 13.9 Å². The van der Waals surface area contributed by atoms with Gasteiger partial charge in [0.05, 0.1) is 18.4 Å². The first-order valence-electron chi connectivity index (χ1n) is 4.15. The van der Waals surface area contributed by atoms with Crippen molar-refractivity contribution in [2.75, 3.05) is 7.11 Å². The van der Waals surface area contributed by atoms with E-state index in [1.54, 1.807) is 13.0 Å². The zero-order valence-electron chi connectivity index (χ0n) is 8.49. The van der Waals surface area contributed by atoms with Gasteiger partial charge in [0.15, 0.2) is 0 Å². The monoisotopic (exact) mass is 347 g/mol. The molecule has 16 heavy (non-hydrogen) atoms. The Bertz CT molecular complexity index is 496. The molecule has 1 aromatic rings. The Hall–Kier alpha value is -1.04. The number of hydrogen-bond donors (Lipinski definition) is 0. The van der Waals surface area contributed by atoms with E-state index in [0.29, 0.717) is 20.2 Å². The highest BCUT2D eigenvalue weighted by Gasteiger charge is 2.18. The molecule has 0 aromatic heterocycles. The highest BCUT2D eigenvalue weighted by molar-refractivity contribution is 9.11. The van der Waals surface area contributed by atoms with Crippen LogP contribution in [0.5, 0.6) is 0 Å². The van der Waals surface area contributed by atoms with Crippen molar-refractivity contribution in [3.63, 3.8) is 0 Å². The van der Waals surface area contributed by atoms with Crippen molar-refractivity contribution in [2.45, 2.75) is 6.92 Å². The summed E-state index contributed by atoms with van der Waals surface area (Å²) in [4.78, 5) is 14.2. The van der Waals surface area contributed by atoms with E-state index >= 15 is 0 Å². The number of esters is 1. The van der Waals surface area contributed by atoms with E-state index in [4.69, 9.17) is 5.53 Å². The van der Waals surface area contributed by atoms with Crippen LogP contribution in [0, 0.1) is 6.92 Å². The van der Waals surface area contributed by atoms with Crippen LogP contribution < -0.4 is 0 Å². The Kier molecular flexibility index (Phi) is 4.35. The third-order valence-electron chi connectivity index (χ3n) is 1.92. The number of carbonyl (C=O) groups excluding carboxylic acids is 1. The minimum atomic E-state index is -0.506. The van der Waals surface area contributed by atoms with Crippen molar-refractivity contribution >= 4 is 43.5 Å². The fraction of sp³-hybridized carbons (Fsp3) is 0.222. The molecule has 0 N–H and O–H groups in total. The molecule has 0 aliphatic heterocycles. The molecule has 0 aliphatic rings. The topological polar surface area (TPSA) is 75.1 Å². The van der Waals surface area contributed by atoms with E-state index < -0.39 is 5.97 Å². The lowest BCUT2D eigenvalue weighted by atomic mass is 10.1. The van der Waals surface area contributed by atoms with E-state index in [2.05, 4.69) is 46.6 Å². The van der Waals surface area contributed by atoms with E-state index in [9.17, 15) is 4.79 Å². The predicted octanol–water partition coefficient (Wildman–Crippen LogP) is 4.25. The molecule has 0 fully saturated rings. The fourth-order valence-corrected chi connectivity index (χ4v) is 2.92. The number of nitrogens with zero attached hydrogens (tertiary/aromatic N) is 3. The zero-order chi connectivity index (χ0) is 12.3. The van der Waals surface area contributed by atoms with Gasteiger partial charge in [0.1, 0.15) is 0 Å². The first kappa shape index (κ1) is 13.0. The lowest BCUT2D eigenvalue weighted by molar-refractivity contribution is 0.0598. The van der Waals surface area contributed by atoms with Gasteiger partial charge in [-0.05, 0) is 55.9 Å². The Balaban J connectivity index is 3.57. The number of ether oxygens (including phenoxy) is 1. The SMILES string of the molecule is COC(=O)c1c(Br)cc(C)c(N=[N+]=[N-])c1Br. The molecular weight excluding hydrogens is 342 g/mol. The minimum Gasteiger partial charge on any atom is -0.465 e. The maximum absolute atomic E-state index is 11.5. The molecule has 0 aliphatic carbocycles. The smallest absolute Gasteiger partial charge is 0.340 e. The highest BCUT2D eigenvalue weighted by atomic mass is 79.9. The van der Waals surface area contributed by atoms with Gasteiger partial charge in [-0.15, -0.1) is 0 Å². The molecule has 1 aromatic carbocycles. The van der Waals surface area contributed by atoms with Gasteiger partial charge < -0.3 is 4.74 Å². The van der Waals surface area contributed by atoms with Crippen LogP contribution in [-0.4, -0.2) is 13.1 Å². The number of benzene rings is 1. The average Bonchev–Trinajstić information content (AvgIpc) is 2.23. The molecule has 1 rings (SSSR count). The lowest BCUT2D eigenvalue weighted by Gasteiger charge is -2.10. The zero-order valence-corrected chi connectivity index (χ0v) is 11.7. The van der Waals surface area contributed by atoms with Crippen molar-refractivity contribution in [1.29, 1.82) is 0 Å². The molecule has 0 spiro atoms. The van der Waals surface area contributed by atoms with Crippen LogP contribution in [0.3, 0.4) is 0 Å². The van der Waals surface area contributed by atoms with Crippen LogP contribution in [0.4, 0.5) is 5.69 Å². The number of aryl methyl sites for hydroxylation is 1. The summed E-state index contributed by atoms with van der Waals surface area (Å²) in [5.41, 5.74) is 9.87. The van der Waals surface area contributed by atoms with Crippen molar-refractivity contribution in [3.05, 3.63) is 36.6 Å². The Morgan fingerprint density at radius 1 is 1.56 bits per heavy atom. The Morgan fingerprint density at radius 2 is 2.19 bits per heavy atom. The van der Waals surface area contributed by atoms with Gasteiger partial charge in [-0.2, -0.15) is 0 Å². The maximum Gasteiger partial charge on any atom is 0.340 e. The molecule has 7 heteroatoms. The summed E-state index contributed by atoms with van der Waals surface area (Å²) >= 11 is 6.49. The van der Waals surface area contributed by atoms with E-state index in [-0.39, 0.29) is 0 Å². The molecule has 0 saturated heterocycles. The van der Waals surface area contributed by atoms with Crippen LogP contribution >= 0.6 is 31.9 Å². The van der Waals surface area contributed by atoms with Crippen LogP contribution in [0.2, 0.25) is 0 Å². The first-order chi connectivity index (χ1) is 7.52. The lowest BCUT2D eigenvalue weighted by Crippen LogP contribution is -2.04. The normalized spacial score (nSPS) is 9.50. The van der Waals surface area contributed by atoms with Crippen LogP contribution in [0.15, 0.2) is 20.1 Å². The summed E-state index contributed by atoms with van der Waals surface area (Å²) in [6, 6.07) is 1.70. The van der Waals surface area contributed by atoms with E-state index in [0.717, 1.165) is 5.56 Å². The molecule has 0 unspecified atom stereocenters. The summed E-state index contributed by atoms with van der Waals surface area (Å²) in [5, 5.41) is 3.53. The largest absolute Gasteiger partial charge is 0.465 e. The molecule has 0 radical (unpaired) electrons. The van der Waals surface area contributed by atoms with Gasteiger partial charge in [0.25, 0.3) is 0 Å². The molecule has 0 saturated carbocycles. The summed E-state index contributed by atoms with van der Waals surface area (Å²) in [6.07, 6.45) is 0. The standard InChI is InChI=1S/C9H7Br2N3O2/c1-4-3-5(10)6(9(15)16-2)7(11)8(4)13-14-12/h3H,1-2H3. The predicted molar refractivity (Wildman–Crippen MR) is 66.7 cm³/mol. The second-order valence-corrected chi connectivity index (χ2v) is 4.54. The fourth-order valence-electron chi connectivity index (χ4n) is 1.18. The second kappa shape index (κ2) is 5.34. The minimum absolute atomic E-state index is 0.301. The second-order valence-electron chi connectivity index (χ2n) is 2.89. The number of halogens is 2. The maximum atomic E-state index is 11.5. The molecule has 0 atom stereocenters. The van der Waals surface area contributed by atoms with Gasteiger partial charge in [-0.1, -0.05) is 5.11 Å². The van der Waals surface area contributed by atoms with Crippen molar-refractivity contribution in [3.8, 4) is 0 Å². The quantitative estimate of drug-likeness (QED) is 0.347. The van der Waals surface area contributed by atoms with E-state index in [1.807, 2.05) is 0 Å². The Labute approximate surface area is 109 Å². The summed E-state index contributed by atoms with van der Waals surface area (Å²) in [7, 11) is 1.29. The van der Waals surface area contributed by atoms with E-state index in [1.165, 1.54) is 7.11 Å². The molecule has 5 nitrogen and oxygen atoms in total. The van der Waals surface area contributed by atoms with Crippen molar-refractivity contribution < 1.29 is 9.53 Å². The van der Waals surface area contributed by atoms with Crippen LogP contribution in [0.25, 0.3) is 10.4 Å². The average molecular weight is 349 g/mol. The number of methoxy groups -OCH3 is 1. The number of rotatable bonds is 2. The molecular formula is C9H7Br2N3O2. The Morgan fingerprint density at radius 3 is 2.69 bits per heavy atom. The van der Waals surface area contributed by atoms with Crippen molar-refractivity contribution in [2.24, 2.45) is 5.11 Å². The summed E-state index contributed by atoms with van der Waals surface area (Å²) in [6.45, 7) is 1.78. The van der Waals surface area contributed by atoms with Crippen molar-refractivity contribution in [1.82, 2.24) is 0 Å². The number of hydrogen-bond acceptors (Lipinski definition) is 3.